The summed E-state index contributed by atoms with van der Waals surface area (Å²) in [6.45, 7) is 0.895. The smallest absolute Gasteiger partial charge is 0.348 e. The highest BCUT2D eigenvalue weighted by Gasteiger charge is 2.15. The third-order valence-electron chi connectivity index (χ3n) is 2.36. The van der Waals surface area contributed by atoms with Gasteiger partial charge < -0.3 is 5.32 Å². The topological polar surface area (TPSA) is 62.2 Å². The predicted octanol–water partition coefficient (Wildman–Crippen LogP) is -0.00940. The number of H-pyrrole nitrogens is 1. The van der Waals surface area contributed by atoms with Gasteiger partial charge in [0.15, 0.2) is 5.65 Å². The fourth-order valence-electron chi connectivity index (χ4n) is 1.78. The molecule has 2 aromatic rings. The summed E-state index contributed by atoms with van der Waals surface area (Å²) in [4.78, 5) is 11.4. The monoisotopic (exact) mass is 176 g/mol. The van der Waals surface area contributed by atoms with E-state index in [9.17, 15) is 4.79 Å². The Balaban J connectivity index is 2.54. The van der Waals surface area contributed by atoms with E-state index >= 15 is 0 Å². The zero-order valence-corrected chi connectivity index (χ0v) is 6.87. The standard InChI is InChI=1S/C8H8N4O/c13-8-11-10-7-2-1-5-6(12(7)8)3-4-9-5/h1-2,9H,3-4H2,(H,11,13). The van der Waals surface area contributed by atoms with Gasteiger partial charge in [-0.25, -0.2) is 14.3 Å². The molecule has 0 amide bonds. The van der Waals surface area contributed by atoms with Crippen LogP contribution in [0.1, 0.15) is 5.69 Å². The second-order valence-corrected chi connectivity index (χ2v) is 3.09. The number of aromatic amines is 1. The number of pyridine rings is 1. The molecule has 66 valence electrons. The summed E-state index contributed by atoms with van der Waals surface area (Å²) >= 11 is 0. The molecule has 1 aliphatic rings. The van der Waals surface area contributed by atoms with Gasteiger partial charge in [0, 0.05) is 13.0 Å². The van der Waals surface area contributed by atoms with Crippen molar-refractivity contribution in [1.29, 1.82) is 0 Å². The second-order valence-electron chi connectivity index (χ2n) is 3.09. The molecule has 0 saturated heterocycles. The number of rotatable bonds is 0. The van der Waals surface area contributed by atoms with Crippen molar-refractivity contribution >= 4 is 11.3 Å². The Kier molecular flexibility index (Phi) is 1.10. The summed E-state index contributed by atoms with van der Waals surface area (Å²) < 4.78 is 1.62. The minimum absolute atomic E-state index is 0.157. The molecule has 0 unspecified atom stereocenters. The first-order valence-corrected chi connectivity index (χ1v) is 4.19. The van der Waals surface area contributed by atoms with E-state index in [1.807, 2.05) is 12.1 Å². The number of nitrogens with zero attached hydrogens (tertiary/aromatic N) is 2. The second kappa shape index (κ2) is 2.12. The number of hydrogen-bond donors (Lipinski definition) is 2. The van der Waals surface area contributed by atoms with Crippen molar-refractivity contribution in [2.45, 2.75) is 6.42 Å². The Bertz CT molecular complexity index is 524. The molecule has 0 saturated carbocycles. The van der Waals surface area contributed by atoms with Crippen LogP contribution < -0.4 is 11.0 Å². The number of aromatic nitrogens is 3. The first-order valence-electron chi connectivity index (χ1n) is 4.19. The van der Waals surface area contributed by atoms with Crippen molar-refractivity contribution in [2.75, 3.05) is 11.9 Å². The van der Waals surface area contributed by atoms with Crippen molar-refractivity contribution in [1.82, 2.24) is 14.6 Å². The van der Waals surface area contributed by atoms with Crippen LogP contribution >= 0.6 is 0 Å². The van der Waals surface area contributed by atoms with Crippen LogP contribution in [0, 0.1) is 0 Å². The van der Waals surface area contributed by atoms with Gasteiger partial charge >= 0.3 is 5.69 Å². The summed E-state index contributed by atoms with van der Waals surface area (Å²) in [5.74, 6) is 0. The summed E-state index contributed by atoms with van der Waals surface area (Å²) in [6, 6.07) is 3.78. The maximum atomic E-state index is 11.4. The molecule has 0 aliphatic carbocycles. The molecule has 0 spiro atoms. The van der Waals surface area contributed by atoms with Crippen molar-refractivity contribution in [3.05, 3.63) is 28.3 Å². The van der Waals surface area contributed by atoms with Crippen LogP contribution in [0.15, 0.2) is 16.9 Å². The zero-order chi connectivity index (χ0) is 8.84. The van der Waals surface area contributed by atoms with E-state index in [0.29, 0.717) is 5.65 Å². The van der Waals surface area contributed by atoms with Gasteiger partial charge in [-0.2, -0.15) is 5.10 Å². The fraction of sp³-hybridized carbons (Fsp3) is 0.250. The third kappa shape index (κ3) is 0.756. The number of anilines is 1. The Morgan fingerprint density at radius 2 is 2.38 bits per heavy atom. The normalized spacial score (nSPS) is 14.5. The zero-order valence-electron chi connectivity index (χ0n) is 6.87. The van der Waals surface area contributed by atoms with Crippen LogP contribution in [0.4, 0.5) is 5.69 Å². The number of nitrogens with one attached hydrogen (secondary N) is 2. The van der Waals surface area contributed by atoms with Gasteiger partial charge in [0.05, 0.1) is 11.4 Å². The van der Waals surface area contributed by atoms with Crippen LogP contribution in [0.5, 0.6) is 0 Å². The molecule has 0 fully saturated rings. The van der Waals surface area contributed by atoms with Crippen LogP contribution in [0.3, 0.4) is 0 Å². The van der Waals surface area contributed by atoms with E-state index in [1.54, 1.807) is 4.40 Å². The van der Waals surface area contributed by atoms with Gasteiger partial charge in [0.2, 0.25) is 0 Å². The van der Waals surface area contributed by atoms with E-state index in [-0.39, 0.29) is 5.69 Å². The highest BCUT2D eigenvalue weighted by atomic mass is 16.1. The highest BCUT2D eigenvalue weighted by Crippen LogP contribution is 2.20. The largest absolute Gasteiger partial charge is 0.383 e. The van der Waals surface area contributed by atoms with Crippen molar-refractivity contribution in [3.8, 4) is 0 Å². The molecule has 2 aromatic heterocycles. The lowest BCUT2D eigenvalue weighted by molar-refractivity contribution is 0.947. The molecule has 3 heterocycles. The van der Waals surface area contributed by atoms with Crippen molar-refractivity contribution in [2.24, 2.45) is 0 Å². The van der Waals surface area contributed by atoms with Crippen molar-refractivity contribution < 1.29 is 0 Å². The van der Waals surface area contributed by atoms with Gasteiger partial charge in [0.1, 0.15) is 0 Å². The van der Waals surface area contributed by atoms with E-state index < -0.39 is 0 Å². The molecule has 0 radical (unpaired) electrons. The Morgan fingerprint density at radius 3 is 3.31 bits per heavy atom. The molecule has 5 heteroatoms. The molecule has 5 nitrogen and oxygen atoms in total. The first-order chi connectivity index (χ1) is 6.36. The Hall–Kier alpha value is -1.78. The molecule has 2 N–H and O–H groups in total. The maximum absolute atomic E-state index is 11.4. The lowest BCUT2D eigenvalue weighted by Gasteiger charge is -1.99. The van der Waals surface area contributed by atoms with Gasteiger partial charge in [-0.15, -0.1) is 0 Å². The summed E-state index contributed by atoms with van der Waals surface area (Å²) in [6.07, 6.45) is 0.881. The Morgan fingerprint density at radius 1 is 1.46 bits per heavy atom. The summed E-state index contributed by atoms with van der Waals surface area (Å²) in [5, 5.41) is 9.54. The maximum Gasteiger partial charge on any atom is 0.348 e. The summed E-state index contributed by atoms with van der Waals surface area (Å²) in [5.41, 5.74) is 2.59. The average Bonchev–Trinajstić information content (AvgIpc) is 2.70. The molecule has 0 bridgehead atoms. The van der Waals surface area contributed by atoms with Gasteiger partial charge in [-0.3, -0.25) is 0 Å². The molecule has 13 heavy (non-hydrogen) atoms. The highest BCUT2D eigenvalue weighted by molar-refractivity contribution is 5.58. The number of fused-ring (bicyclic) bond motifs is 3. The van der Waals surface area contributed by atoms with Crippen LogP contribution in [-0.4, -0.2) is 21.1 Å². The van der Waals surface area contributed by atoms with E-state index in [2.05, 4.69) is 15.5 Å². The molecular formula is C8H8N4O. The third-order valence-corrected chi connectivity index (χ3v) is 2.36. The van der Waals surface area contributed by atoms with Crippen molar-refractivity contribution in [3.63, 3.8) is 0 Å². The van der Waals surface area contributed by atoms with E-state index in [1.165, 1.54) is 0 Å². The molecule has 1 aliphatic heterocycles. The lowest BCUT2D eigenvalue weighted by atomic mass is 10.3. The molecule has 0 atom stereocenters. The molecule has 0 aromatic carbocycles. The van der Waals surface area contributed by atoms with Crippen LogP contribution in [0.25, 0.3) is 5.65 Å². The lowest BCUT2D eigenvalue weighted by Crippen LogP contribution is -2.12. The molecule has 3 rings (SSSR count). The van der Waals surface area contributed by atoms with Gasteiger partial charge in [-0.05, 0) is 12.1 Å². The van der Waals surface area contributed by atoms with E-state index in [4.69, 9.17) is 0 Å². The van der Waals surface area contributed by atoms with Gasteiger partial charge in [-0.1, -0.05) is 0 Å². The minimum Gasteiger partial charge on any atom is -0.383 e. The fourth-order valence-corrected chi connectivity index (χ4v) is 1.78. The Labute approximate surface area is 73.4 Å². The predicted molar refractivity (Wildman–Crippen MR) is 48.0 cm³/mol. The van der Waals surface area contributed by atoms with E-state index in [0.717, 1.165) is 24.3 Å². The van der Waals surface area contributed by atoms with Crippen LogP contribution in [0.2, 0.25) is 0 Å². The summed E-state index contributed by atoms with van der Waals surface area (Å²) in [7, 11) is 0. The average molecular weight is 176 g/mol. The first kappa shape index (κ1) is 6.71. The minimum atomic E-state index is -0.157. The SMILES string of the molecule is O=c1[nH]nc2ccc3c(n12)CCN3. The number of hydrogen-bond acceptors (Lipinski definition) is 3. The quantitative estimate of drug-likeness (QED) is 0.593. The van der Waals surface area contributed by atoms with Gasteiger partial charge in [0.25, 0.3) is 0 Å². The molecular weight excluding hydrogens is 168 g/mol. The van der Waals surface area contributed by atoms with Crippen LogP contribution in [-0.2, 0) is 6.42 Å².